The van der Waals surface area contributed by atoms with Crippen LogP contribution >= 0.6 is 0 Å². The van der Waals surface area contributed by atoms with Gasteiger partial charge in [-0.15, -0.1) is 0 Å². The van der Waals surface area contributed by atoms with Crippen LogP contribution in [-0.2, 0) is 16.1 Å². The fraction of sp³-hybridized carbons (Fsp3) is 0.111. The van der Waals surface area contributed by atoms with E-state index in [-0.39, 0.29) is 17.9 Å². The van der Waals surface area contributed by atoms with E-state index in [1.807, 2.05) is 30.3 Å². The normalized spacial score (nSPS) is 13.8. The van der Waals surface area contributed by atoms with Gasteiger partial charge in [-0.05, 0) is 18.6 Å². The molecule has 3 rings (SSSR count). The van der Waals surface area contributed by atoms with Crippen LogP contribution in [0.15, 0.2) is 60.3 Å². The van der Waals surface area contributed by atoms with E-state index in [1.165, 1.54) is 12.1 Å². The number of imide groups is 1. The van der Waals surface area contributed by atoms with Crippen LogP contribution < -0.4 is 5.32 Å². The molecule has 25 heavy (non-hydrogen) atoms. The highest BCUT2D eigenvalue weighted by Gasteiger charge is 2.31. The molecule has 0 aliphatic carbocycles. The molecule has 0 aromatic heterocycles. The van der Waals surface area contributed by atoms with Crippen molar-refractivity contribution in [2.75, 3.05) is 5.32 Å². The minimum atomic E-state index is -0.488. The third-order valence-electron chi connectivity index (χ3n) is 3.88. The van der Waals surface area contributed by atoms with E-state index in [1.54, 1.807) is 19.1 Å². The number of hydrogen-bond acceptors (Lipinski definition) is 5. The van der Waals surface area contributed by atoms with Gasteiger partial charge in [-0.3, -0.25) is 24.6 Å². The molecule has 2 amide bonds. The summed E-state index contributed by atoms with van der Waals surface area (Å²) in [4.78, 5) is 36.2. The molecule has 1 aliphatic heterocycles. The highest BCUT2D eigenvalue weighted by Crippen LogP contribution is 2.25. The molecule has 7 heteroatoms. The van der Waals surface area contributed by atoms with E-state index in [0.717, 1.165) is 10.5 Å². The summed E-state index contributed by atoms with van der Waals surface area (Å²) in [6.07, 6.45) is 1.21. The summed E-state index contributed by atoms with van der Waals surface area (Å²) >= 11 is 0. The molecule has 0 saturated carbocycles. The van der Waals surface area contributed by atoms with Crippen molar-refractivity contribution in [3.8, 4) is 0 Å². The average Bonchev–Trinajstić information content (AvgIpc) is 2.85. The van der Waals surface area contributed by atoms with Crippen molar-refractivity contribution in [3.63, 3.8) is 0 Å². The first-order valence-corrected chi connectivity index (χ1v) is 7.59. The quantitative estimate of drug-likeness (QED) is 0.514. The number of hydrogen-bond donors (Lipinski definition) is 1. The van der Waals surface area contributed by atoms with Gasteiger partial charge >= 0.3 is 0 Å². The monoisotopic (exact) mass is 337 g/mol. The first-order chi connectivity index (χ1) is 12.0. The van der Waals surface area contributed by atoms with Crippen molar-refractivity contribution in [2.24, 2.45) is 0 Å². The summed E-state index contributed by atoms with van der Waals surface area (Å²) in [5.74, 6) is -0.880. The van der Waals surface area contributed by atoms with Crippen LogP contribution in [0.3, 0.4) is 0 Å². The maximum Gasteiger partial charge on any atom is 0.277 e. The van der Waals surface area contributed by atoms with Crippen LogP contribution in [0.4, 0.5) is 11.4 Å². The molecule has 0 bridgehead atoms. The summed E-state index contributed by atoms with van der Waals surface area (Å²) in [5, 5.41) is 13.8. The fourth-order valence-corrected chi connectivity index (χ4v) is 2.55. The second-order valence-corrected chi connectivity index (χ2v) is 5.66. The van der Waals surface area contributed by atoms with Gasteiger partial charge in [0.2, 0.25) is 0 Å². The van der Waals surface area contributed by atoms with Crippen molar-refractivity contribution in [1.29, 1.82) is 0 Å². The Hall–Kier alpha value is -3.48. The number of carbonyl (C=O) groups is 2. The number of rotatable bonds is 5. The van der Waals surface area contributed by atoms with Crippen molar-refractivity contribution < 1.29 is 14.5 Å². The Morgan fingerprint density at radius 2 is 1.84 bits per heavy atom. The van der Waals surface area contributed by atoms with E-state index in [4.69, 9.17) is 0 Å². The van der Waals surface area contributed by atoms with Gasteiger partial charge in [-0.2, -0.15) is 0 Å². The van der Waals surface area contributed by atoms with Crippen LogP contribution in [0.25, 0.3) is 0 Å². The number of aryl methyl sites for hydroxylation is 1. The van der Waals surface area contributed by atoms with Gasteiger partial charge in [0.25, 0.3) is 17.5 Å². The molecule has 126 valence electrons. The second-order valence-electron chi connectivity index (χ2n) is 5.66. The zero-order valence-corrected chi connectivity index (χ0v) is 13.4. The van der Waals surface area contributed by atoms with Crippen molar-refractivity contribution in [2.45, 2.75) is 13.5 Å². The molecule has 0 atom stereocenters. The van der Waals surface area contributed by atoms with Crippen LogP contribution in [0.2, 0.25) is 0 Å². The molecule has 1 N–H and O–H groups in total. The number of nitro benzene ring substituents is 1. The summed E-state index contributed by atoms with van der Waals surface area (Å²) in [6.45, 7) is 1.81. The first-order valence-electron chi connectivity index (χ1n) is 7.59. The summed E-state index contributed by atoms with van der Waals surface area (Å²) in [7, 11) is 0. The molecular formula is C18H15N3O4. The standard InChI is InChI=1S/C18H15N3O4/c1-12-7-8-14(9-16(12)21(24)25)19-15-10-17(22)20(18(15)23)11-13-5-3-2-4-6-13/h2-10,19H,11H2,1H3. The lowest BCUT2D eigenvalue weighted by molar-refractivity contribution is -0.385. The lowest BCUT2D eigenvalue weighted by atomic mass is 10.2. The molecule has 0 radical (unpaired) electrons. The molecule has 0 saturated heterocycles. The van der Waals surface area contributed by atoms with Crippen LogP contribution in [0.1, 0.15) is 11.1 Å². The minimum absolute atomic E-state index is 0.0523. The Bertz CT molecular complexity index is 890. The zero-order chi connectivity index (χ0) is 18.0. The van der Waals surface area contributed by atoms with Gasteiger partial charge in [0.05, 0.1) is 11.5 Å². The van der Waals surface area contributed by atoms with E-state index >= 15 is 0 Å². The Kier molecular flexibility index (Phi) is 4.30. The number of nitro groups is 1. The fourth-order valence-electron chi connectivity index (χ4n) is 2.55. The Labute approximate surface area is 143 Å². The van der Waals surface area contributed by atoms with Gasteiger partial charge in [0.15, 0.2) is 0 Å². The van der Waals surface area contributed by atoms with Crippen LogP contribution in [0, 0.1) is 17.0 Å². The molecular weight excluding hydrogens is 322 g/mol. The molecule has 0 unspecified atom stereocenters. The van der Waals surface area contributed by atoms with Crippen LogP contribution in [-0.4, -0.2) is 21.6 Å². The highest BCUT2D eigenvalue weighted by molar-refractivity contribution is 6.17. The minimum Gasteiger partial charge on any atom is -0.351 e. The number of anilines is 1. The maximum atomic E-state index is 12.5. The SMILES string of the molecule is Cc1ccc(NC2=CC(=O)N(Cc3ccccc3)C2=O)cc1[N+](=O)[O-]. The third-order valence-corrected chi connectivity index (χ3v) is 3.88. The largest absolute Gasteiger partial charge is 0.351 e. The summed E-state index contributed by atoms with van der Waals surface area (Å²) in [6, 6.07) is 13.7. The summed E-state index contributed by atoms with van der Waals surface area (Å²) < 4.78 is 0. The van der Waals surface area contributed by atoms with Gasteiger partial charge in [-0.1, -0.05) is 36.4 Å². The van der Waals surface area contributed by atoms with Gasteiger partial charge in [-0.25, -0.2) is 0 Å². The number of carbonyl (C=O) groups excluding carboxylic acids is 2. The first kappa shape index (κ1) is 16.4. The van der Waals surface area contributed by atoms with E-state index in [2.05, 4.69) is 5.32 Å². The highest BCUT2D eigenvalue weighted by atomic mass is 16.6. The number of benzene rings is 2. The molecule has 2 aromatic carbocycles. The van der Waals surface area contributed by atoms with Crippen molar-refractivity contribution in [1.82, 2.24) is 4.90 Å². The lowest BCUT2D eigenvalue weighted by Crippen LogP contribution is -2.31. The topological polar surface area (TPSA) is 92.6 Å². The smallest absolute Gasteiger partial charge is 0.277 e. The molecule has 2 aromatic rings. The number of nitrogens with zero attached hydrogens (tertiary/aromatic N) is 2. The number of amides is 2. The number of nitrogens with one attached hydrogen (secondary N) is 1. The van der Waals surface area contributed by atoms with E-state index in [0.29, 0.717) is 11.3 Å². The van der Waals surface area contributed by atoms with E-state index < -0.39 is 16.7 Å². The van der Waals surface area contributed by atoms with Crippen LogP contribution in [0.5, 0.6) is 0 Å². The molecule has 0 fully saturated rings. The van der Waals surface area contributed by atoms with Crippen molar-refractivity contribution in [3.05, 3.63) is 81.5 Å². The Morgan fingerprint density at radius 3 is 2.52 bits per heavy atom. The molecule has 1 aliphatic rings. The van der Waals surface area contributed by atoms with Crippen molar-refractivity contribution >= 4 is 23.2 Å². The van der Waals surface area contributed by atoms with Gasteiger partial charge in [0, 0.05) is 23.4 Å². The predicted molar refractivity (Wildman–Crippen MR) is 91.5 cm³/mol. The van der Waals surface area contributed by atoms with E-state index in [9.17, 15) is 19.7 Å². The van der Waals surface area contributed by atoms with Gasteiger partial charge < -0.3 is 5.32 Å². The maximum absolute atomic E-state index is 12.5. The van der Waals surface area contributed by atoms with Gasteiger partial charge in [0.1, 0.15) is 5.70 Å². The third kappa shape index (κ3) is 3.40. The second kappa shape index (κ2) is 6.56. The predicted octanol–water partition coefficient (Wildman–Crippen LogP) is 2.77. The zero-order valence-electron chi connectivity index (χ0n) is 13.4. The molecule has 1 heterocycles. The Morgan fingerprint density at radius 1 is 1.12 bits per heavy atom. The average molecular weight is 337 g/mol. The Balaban J connectivity index is 1.77. The molecule has 0 spiro atoms. The lowest BCUT2D eigenvalue weighted by Gasteiger charge is -2.15. The summed E-state index contributed by atoms with van der Waals surface area (Å²) in [5.41, 5.74) is 1.78. The molecule has 7 nitrogen and oxygen atoms in total.